The van der Waals surface area contributed by atoms with Gasteiger partial charge in [0.25, 0.3) is 10.0 Å². The van der Waals surface area contributed by atoms with Gasteiger partial charge >= 0.3 is 0 Å². The molecule has 26 heavy (non-hydrogen) atoms. The van der Waals surface area contributed by atoms with Crippen LogP contribution in [0.25, 0.3) is 0 Å². The molecule has 1 aliphatic heterocycles. The molecular weight excluding hydrogens is 372 g/mol. The molecule has 1 atom stereocenters. The molecule has 1 heterocycles. The van der Waals surface area contributed by atoms with E-state index in [-0.39, 0.29) is 23.8 Å². The van der Waals surface area contributed by atoms with Crippen LogP contribution in [-0.4, -0.2) is 45.8 Å². The standard InChI is InChI=1S/C19H24N2O3S.ClH/c22-18(15-20-13-7-8-14-20)16-21(17-9-3-1-4-10-17)25(23,24)19-11-5-2-6-12-19;/h1-6,9-12,18,22H,7-8,13-16H2;1H. The first kappa shape index (κ1) is 20.7. The summed E-state index contributed by atoms with van der Waals surface area (Å²) in [6.07, 6.45) is 1.64. The van der Waals surface area contributed by atoms with E-state index in [0.29, 0.717) is 12.2 Å². The topological polar surface area (TPSA) is 62.0 Å². The first-order chi connectivity index (χ1) is 12.1. The molecule has 1 saturated heterocycles. The zero-order valence-corrected chi connectivity index (χ0v) is 16.2. The number of likely N-dealkylation sites (tertiary alicyclic amines) is 1. The number of aliphatic hydroxyl groups is 1. The number of hydrogen-bond acceptors (Lipinski definition) is 3. The minimum Gasteiger partial charge on any atom is -1.00 e. The summed E-state index contributed by atoms with van der Waals surface area (Å²) in [4.78, 5) is 1.58. The van der Waals surface area contributed by atoms with E-state index in [1.807, 2.05) is 6.07 Å². The third-order valence-electron chi connectivity index (χ3n) is 4.59. The van der Waals surface area contributed by atoms with Gasteiger partial charge in [-0.3, -0.25) is 4.31 Å². The third kappa shape index (κ3) is 4.98. The highest BCUT2D eigenvalue weighted by molar-refractivity contribution is 7.92. The van der Waals surface area contributed by atoms with Crippen LogP contribution in [-0.2, 0) is 10.0 Å². The maximum Gasteiger partial charge on any atom is 0.264 e. The number of sulfonamides is 1. The summed E-state index contributed by atoms with van der Waals surface area (Å²) in [6.45, 7) is 2.74. The molecule has 0 aliphatic carbocycles. The van der Waals surface area contributed by atoms with E-state index in [1.165, 1.54) is 22.0 Å². The van der Waals surface area contributed by atoms with Gasteiger partial charge in [-0.15, -0.1) is 0 Å². The van der Waals surface area contributed by atoms with E-state index >= 15 is 0 Å². The zero-order chi connectivity index (χ0) is 17.7. The van der Waals surface area contributed by atoms with Crippen LogP contribution >= 0.6 is 0 Å². The quantitative estimate of drug-likeness (QED) is 0.565. The molecule has 0 radical (unpaired) electrons. The SMILES string of the molecule is O=S(=O)(c1ccccc1)N(CC(O)C[NH+]1CCCC1)c1ccccc1.[Cl-]. The molecule has 2 aromatic rings. The van der Waals surface area contributed by atoms with E-state index in [9.17, 15) is 13.5 Å². The average Bonchev–Trinajstić information content (AvgIpc) is 3.14. The van der Waals surface area contributed by atoms with Crippen LogP contribution in [0.1, 0.15) is 12.8 Å². The fourth-order valence-electron chi connectivity index (χ4n) is 3.32. The summed E-state index contributed by atoms with van der Waals surface area (Å²) in [5.41, 5.74) is 0.571. The number of para-hydroxylation sites is 1. The summed E-state index contributed by atoms with van der Waals surface area (Å²) in [7, 11) is -3.72. The predicted octanol–water partition coefficient (Wildman–Crippen LogP) is -2.07. The number of anilines is 1. The normalized spacial score (nSPS) is 16.0. The van der Waals surface area contributed by atoms with Crippen molar-refractivity contribution in [2.45, 2.75) is 23.8 Å². The lowest BCUT2D eigenvalue weighted by Crippen LogP contribution is -3.11. The molecule has 2 aromatic carbocycles. The van der Waals surface area contributed by atoms with Crippen LogP contribution in [0.5, 0.6) is 0 Å². The lowest BCUT2D eigenvalue weighted by molar-refractivity contribution is -0.890. The van der Waals surface area contributed by atoms with Crippen LogP contribution in [0.3, 0.4) is 0 Å². The Morgan fingerprint density at radius 2 is 1.50 bits per heavy atom. The minimum absolute atomic E-state index is 0. The van der Waals surface area contributed by atoms with Crippen molar-refractivity contribution >= 4 is 15.7 Å². The molecule has 0 aromatic heterocycles. The average molecular weight is 397 g/mol. The molecule has 2 N–H and O–H groups in total. The Kier molecular flexibility index (Phi) is 7.46. The summed E-state index contributed by atoms with van der Waals surface area (Å²) in [5, 5.41) is 10.5. The minimum atomic E-state index is -3.72. The maximum absolute atomic E-state index is 13.1. The monoisotopic (exact) mass is 396 g/mol. The van der Waals surface area contributed by atoms with E-state index in [4.69, 9.17) is 0 Å². The number of hydrogen-bond donors (Lipinski definition) is 2. The van der Waals surface area contributed by atoms with Gasteiger partial charge in [0.1, 0.15) is 12.6 Å². The van der Waals surface area contributed by atoms with Crippen LogP contribution in [0.4, 0.5) is 5.69 Å². The Bertz CT molecular complexity index is 766. The molecule has 1 unspecified atom stereocenters. The molecule has 7 heteroatoms. The highest BCUT2D eigenvalue weighted by Crippen LogP contribution is 2.23. The van der Waals surface area contributed by atoms with Gasteiger partial charge in [0, 0.05) is 12.8 Å². The maximum atomic E-state index is 13.1. The van der Waals surface area contributed by atoms with Crippen molar-refractivity contribution in [3.05, 3.63) is 60.7 Å². The van der Waals surface area contributed by atoms with Gasteiger partial charge in [-0.05, 0) is 24.3 Å². The van der Waals surface area contributed by atoms with Crippen LogP contribution in [0.2, 0.25) is 0 Å². The summed E-state index contributed by atoms with van der Waals surface area (Å²) in [6, 6.07) is 17.4. The molecule has 1 aliphatic rings. The first-order valence-electron chi connectivity index (χ1n) is 8.72. The third-order valence-corrected chi connectivity index (χ3v) is 6.39. The fourth-order valence-corrected chi connectivity index (χ4v) is 4.85. The zero-order valence-electron chi connectivity index (χ0n) is 14.6. The number of nitrogens with zero attached hydrogens (tertiary/aromatic N) is 1. The lowest BCUT2D eigenvalue weighted by Gasteiger charge is -2.27. The number of aliphatic hydroxyl groups excluding tert-OH is 1. The second kappa shape index (κ2) is 9.37. The number of rotatable bonds is 7. The molecule has 142 valence electrons. The Balaban J connectivity index is 0.00000243. The highest BCUT2D eigenvalue weighted by Gasteiger charge is 2.29. The van der Waals surface area contributed by atoms with Crippen LogP contribution in [0, 0.1) is 0 Å². The van der Waals surface area contributed by atoms with E-state index < -0.39 is 16.1 Å². The summed E-state index contributed by atoms with van der Waals surface area (Å²) in [5.74, 6) is 0. The molecule has 5 nitrogen and oxygen atoms in total. The Morgan fingerprint density at radius 1 is 0.962 bits per heavy atom. The van der Waals surface area contributed by atoms with E-state index in [2.05, 4.69) is 0 Å². The number of quaternary nitrogens is 1. The smallest absolute Gasteiger partial charge is 0.264 e. The van der Waals surface area contributed by atoms with Crippen molar-refractivity contribution < 1.29 is 30.8 Å². The summed E-state index contributed by atoms with van der Waals surface area (Å²) >= 11 is 0. The molecule has 0 amide bonds. The highest BCUT2D eigenvalue weighted by atomic mass is 35.5. The van der Waals surface area contributed by atoms with E-state index in [1.54, 1.807) is 54.6 Å². The lowest BCUT2D eigenvalue weighted by atomic mass is 10.3. The second-order valence-electron chi connectivity index (χ2n) is 6.50. The Hall–Kier alpha value is -1.60. The molecule has 0 spiro atoms. The summed E-state index contributed by atoms with van der Waals surface area (Å²) < 4.78 is 27.5. The van der Waals surface area contributed by atoms with Crippen LogP contribution in [0.15, 0.2) is 65.6 Å². The number of nitrogens with one attached hydrogen (secondary N) is 1. The molecule has 3 rings (SSSR count). The van der Waals surface area contributed by atoms with Crippen molar-refractivity contribution in [1.29, 1.82) is 0 Å². The van der Waals surface area contributed by atoms with Gasteiger partial charge in [0.05, 0.1) is 30.2 Å². The molecule has 0 bridgehead atoms. The van der Waals surface area contributed by atoms with Crippen molar-refractivity contribution in [3.8, 4) is 0 Å². The number of halogens is 1. The van der Waals surface area contributed by atoms with Crippen LogP contribution < -0.4 is 21.6 Å². The second-order valence-corrected chi connectivity index (χ2v) is 8.36. The van der Waals surface area contributed by atoms with E-state index in [0.717, 1.165) is 13.1 Å². The fraction of sp³-hybridized carbons (Fsp3) is 0.368. The van der Waals surface area contributed by atoms with Crippen molar-refractivity contribution in [2.24, 2.45) is 0 Å². The Labute approximate surface area is 161 Å². The predicted molar refractivity (Wildman–Crippen MR) is 98.2 cm³/mol. The molecule has 1 fully saturated rings. The molecule has 0 saturated carbocycles. The van der Waals surface area contributed by atoms with Gasteiger partial charge in [-0.2, -0.15) is 0 Å². The van der Waals surface area contributed by atoms with Gasteiger partial charge in [-0.25, -0.2) is 8.42 Å². The van der Waals surface area contributed by atoms with Gasteiger partial charge in [0.2, 0.25) is 0 Å². The number of benzene rings is 2. The largest absolute Gasteiger partial charge is 1.00 e. The van der Waals surface area contributed by atoms with Gasteiger partial charge in [-0.1, -0.05) is 36.4 Å². The Morgan fingerprint density at radius 3 is 2.08 bits per heavy atom. The van der Waals surface area contributed by atoms with Gasteiger partial charge < -0.3 is 22.4 Å². The van der Waals surface area contributed by atoms with Crippen molar-refractivity contribution in [3.63, 3.8) is 0 Å². The van der Waals surface area contributed by atoms with Gasteiger partial charge in [0.15, 0.2) is 0 Å². The van der Waals surface area contributed by atoms with Crippen molar-refractivity contribution in [2.75, 3.05) is 30.5 Å². The molecular formula is C19H25ClN2O3S. The van der Waals surface area contributed by atoms with Crippen molar-refractivity contribution in [1.82, 2.24) is 0 Å². The first-order valence-corrected chi connectivity index (χ1v) is 10.2.